The molecule has 7 nitrogen and oxygen atoms in total. The van der Waals surface area contributed by atoms with Crippen molar-refractivity contribution in [2.45, 2.75) is 39.0 Å². The molecule has 0 N–H and O–H groups in total. The second kappa shape index (κ2) is 12.7. The number of thiazole rings is 1. The highest BCUT2D eigenvalue weighted by Crippen LogP contribution is 2.30. The summed E-state index contributed by atoms with van der Waals surface area (Å²) in [6.45, 7) is 12.5. The minimum Gasteiger partial charge on any atom is -0.302 e. The molecule has 2 atom stereocenters. The number of amides is 1. The zero-order chi connectivity index (χ0) is 25.9. The number of rotatable bonds is 9. The average Bonchev–Trinajstić information content (AvgIpc) is 3.30. The van der Waals surface area contributed by atoms with Crippen LogP contribution in [0.2, 0.25) is 0 Å². The molecule has 1 saturated heterocycles. The first kappa shape index (κ1) is 29.5. The molecule has 2 unspecified atom stereocenters. The van der Waals surface area contributed by atoms with Crippen LogP contribution in [0.15, 0.2) is 53.4 Å². The molecule has 3 aromatic rings. The maximum absolute atomic E-state index is 13.7. The molecule has 202 valence electrons. The predicted octanol–water partition coefficient (Wildman–Crippen LogP) is 5.37. The number of aromatic nitrogens is 1. The van der Waals surface area contributed by atoms with Gasteiger partial charge >= 0.3 is 0 Å². The number of para-hydroxylation sites is 1. The summed E-state index contributed by atoms with van der Waals surface area (Å²) in [6, 6.07) is 14.2. The van der Waals surface area contributed by atoms with Crippen molar-refractivity contribution in [2.24, 2.45) is 11.8 Å². The van der Waals surface area contributed by atoms with Crippen LogP contribution in [-0.2, 0) is 10.0 Å². The highest BCUT2D eigenvalue weighted by molar-refractivity contribution is 7.89. The van der Waals surface area contributed by atoms with Crippen molar-refractivity contribution in [1.29, 1.82) is 0 Å². The molecule has 10 heteroatoms. The Labute approximate surface area is 230 Å². The van der Waals surface area contributed by atoms with Crippen molar-refractivity contribution in [1.82, 2.24) is 14.2 Å². The Morgan fingerprint density at radius 3 is 2.22 bits per heavy atom. The number of carbonyl (C=O) groups excluding carboxylic acids is 1. The molecule has 1 aromatic heterocycles. The zero-order valence-electron chi connectivity index (χ0n) is 22.0. The summed E-state index contributed by atoms with van der Waals surface area (Å²) < 4.78 is 29.2. The topological polar surface area (TPSA) is 73.8 Å². The maximum Gasteiger partial charge on any atom is 0.260 e. The van der Waals surface area contributed by atoms with E-state index in [9.17, 15) is 13.2 Å². The van der Waals surface area contributed by atoms with Gasteiger partial charge in [0.15, 0.2) is 5.13 Å². The van der Waals surface area contributed by atoms with Crippen molar-refractivity contribution in [3.8, 4) is 0 Å². The Balaban J connectivity index is 0.00000380. The van der Waals surface area contributed by atoms with Crippen LogP contribution in [-0.4, -0.2) is 67.8 Å². The summed E-state index contributed by atoms with van der Waals surface area (Å²) in [7, 11) is -3.60. The Morgan fingerprint density at radius 2 is 1.62 bits per heavy atom. The fourth-order valence-corrected chi connectivity index (χ4v) is 7.59. The highest BCUT2D eigenvalue weighted by atomic mass is 35.5. The minimum atomic E-state index is -3.60. The van der Waals surface area contributed by atoms with E-state index in [1.807, 2.05) is 24.3 Å². The first-order chi connectivity index (χ1) is 17.2. The summed E-state index contributed by atoms with van der Waals surface area (Å²) in [5, 5.41) is 0.654. The van der Waals surface area contributed by atoms with Gasteiger partial charge in [0.25, 0.3) is 5.91 Å². The Kier molecular flexibility index (Phi) is 10.1. The van der Waals surface area contributed by atoms with E-state index in [0.717, 1.165) is 36.3 Å². The van der Waals surface area contributed by atoms with E-state index in [4.69, 9.17) is 4.98 Å². The first-order valence-corrected chi connectivity index (χ1v) is 15.0. The van der Waals surface area contributed by atoms with Crippen LogP contribution in [0, 0.1) is 11.8 Å². The van der Waals surface area contributed by atoms with E-state index in [1.54, 1.807) is 33.5 Å². The number of piperidine rings is 1. The van der Waals surface area contributed by atoms with E-state index in [1.165, 1.54) is 11.3 Å². The van der Waals surface area contributed by atoms with Crippen molar-refractivity contribution >= 4 is 55.0 Å². The third-order valence-electron chi connectivity index (χ3n) is 6.87. The number of sulfonamides is 1. The summed E-state index contributed by atoms with van der Waals surface area (Å²) in [5.74, 6) is 0.487. The van der Waals surface area contributed by atoms with Gasteiger partial charge in [0, 0.05) is 31.7 Å². The van der Waals surface area contributed by atoms with Gasteiger partial charge in [-0.1, -0.05) is 51.2 Å². The van der Waals surface area contributed by atoms with Gasteiger partial charge in [-0.2, -0.15) is 4.31 Å². The van der Waals surface area contributed by atoms with E-state index < -0.39 is 10.0 Å². The van der Waals surface area contributed by atoms with Crippen molar-refractivity contribution in [2.75, 3.05) is 44.2 Å². The van der Waals surface area contributed by atoms with Gasteiger partial charge in [-0.15, -0.1) is 12.4 Å². The smallest absolute Gasteiger partial charge is 0.260 e. The zero-order valence-corrected chi connectivity index (χ0v) is 24.4. The lowest BCUT2D eigenvalue weighted by atomic mass is 9.94. The van der Waals surface area contributed by atoms with Crippen LogP contribution < -0.4 is 4.90 Å². The average molecular weight is 565 g/mol. The lowest BCUT2D eigenvalue weighted by Crippen LogP contribution is -2.42. The van der Waals surface area contributed by atoms with Crippen LogP contribution >= 0.6 is 23.7 Å². The molecule has 0 saturated carbocycles. The second-order valence-electron chi connectivity index (χ2n) is 9.74. The van der Waals surface area contributed by atoms with Crippen molar-refractivity contribution in [3.63, 3.8) is 0 Å². The predicted molar refractivity (Wildman–Crippen MR) is 154 cm³/mol. The van der Waals surface area contributed by atoms with Crippen LogP contribution in [0.3, 0.4) is 0 Å². The normalized spacial score (nSPS) is 18.6. The van der Waals surface area contributed by atoms with E-state index in [2.05, 4.69) is 32.6 Å². The SMILES string of the molecule is CCN(CC)CCN(C(=O)c1ccc(S(=O)(=O)N2CC(C)CC(C)C2)cc1)c1nc2ccccc2s1.Cl. The van der Waals surface area contributed by atoms with Gasteiger partial charge in [-0.05, 0) is 67.7 Å². The Morgan fingerprint density at radius 1 is 1.00 bits per heavy atom. The Bertz CT molecular complexity index is 1250. The molecule has 0 spiro atoms. The quantitative estimate of drug-likeness (QED) is 0.349. The van der Waals surface area contributed by atoms with Gasteiger partial charge in [0.1, 0.15) is 0 Å². The fraction of sp³-hybridized carbons (Fsp3) is 0.481. The maximum atomic E-state index is 13.7. The van der Waals surface area contributed by atoms with E-state index in [-0.39, 0.29) is 23.2 Å². The molecule has 0 radical (unpaired) electrons. The van der Waals surface area contributed by atoms with Gasteiger partial charge in [-0.25, -0.2) is 13.4 Å². The number of fused-ring (bicyclic) bond motifs is 1. The van der Waals surface area contributed by atoms with Gasteiger partial charge in [0.2, 0.25) is 10.0 Å². The van der Waals surface area contributed by atoms with Crippen molar-refractivity contribution < 1.29 is 13.2 Å². The number of hydrogen-bond donors (Lipinski definition) is 0. The van der Waals surface area contributed by atoms with Crippen LogP contribution in [0.4, 0.5) is 5.13 Å². The van der Waals surface area contributed by atoms with Gasteiger partial charge in [0.05, 0.1) is 15.1 Å². The number of likely N-dealkylation sites (N-methyl/N-ethyl adjacent to an activating group) is 1. The lowest BCUT2D eigenvalue weighted by Gasteiger charge is -2.34. The largest absolute Gasteiger partial charge is 0.302 e. The van der Waals surface area contributed by atoms with Crippen LogP contribution in [0.25, 0.3) is 10.2 Å². The standard InChI is InChI=1S/C27H36N4O3S2.ClH/c1-5-29(6-2)15-16-31(27-28-24-9-7-8-10-25(24)35-27)26(32)22-11-13-23(14-12-22)36(33,34)30-18-20(3)17-21(4)19-30;/h7-14,20-21H,5-6,15-19H2,1-4H3;1H. The number of nitrogens with zero attached hydrogens (tertiary/aromatic N) is 4. The molecule has 0 aliphatic carbocycles. The van der Waals surface area contributed by atoms with Crippen molar-refractivity contribution in [3.05, 3.63) is 54.1 Å². The lowest BCUT2D eigenvalue weighted by molar-refractivity contribution is 0.0983. The van der Waals surface area contributed by atoms with E-state index >= 15 is 0 Å². The van der Waals surface area contributed by atoms with Gasteiger partial charge < -0.3 is 4.90 Å². The summed E-state index contributed by atoms with van der Waals surface area (Å²) in [4.78, 5) is 22.6. The third-order valence-corrected chi connectivity index (χ3v) is 9.77. The molecule has 4 rings (SSSR count). The molecule has 1 fully saturated rings. The number of benzene rings is 2. The fourth-order valence-electron chi connectivity index (χ4n) is 4.92. The molecule has 37 heavy (non-hydrogen) atoms. The van der Waals surface area contributed by atoms with E-state index in [0.29, 0.717) is 42.2 Å². The molecule has 0 bridgehead atoms. The van der Waals surface area contributed by atoms with Crippen LogP contribution in [0.5, 0.6) is 0 Å². The highest BCUT2D eigenvalue weighted by Gasteiger charge is 2.32. The Hall–Kier alpha value is -2.04. The van der Waals surface area contributed by atoms with Crippen LogP contribution in [0.1, 0.15) is 44.5 Å². The summed E-state index contributed by atoms with van der Waals surface area (Å²) in [5.41, 5.74) is 1.32. The molecular formula is C27H37ClN4O3S2. The molecule has 2 aromatic carbocycles. The minimum absolute atomic E-state index is 0. The molecule has 1 aliphatic rings. The molecule has 2 heterocycles. The third kappa shape index (κ3) is 6.70. The number of carbonyl (C=O) groups is 1. The van der Waals surface area contributed by atoms with Gasteiger partial charge in [-0.3, -0.25) is 9.69 Å². The second-order valence-corrected chi connectivity index (χ2v) is 12.7. The number of halogens is 1. The molecule has 1 aliphatic heterocycles. The summed E-state index contributed by atoms with van der Waals surface area (Å²) in [6.07, 6.45) is 1.04. The first-order valence-electron chi connectivity index (χ1n) is 12.7. The number of anilines is 1. The monoisotopic (exact) mass is 564 g/mol. The summed E-state index contributed by atoms with van der Waals surface area (Å²) >= 11 is 1.49. The number of hydrogen-bond acceptors (Lipinski definition) is 6. The molecular weight excluding hydrogens is 528 g/mol. The molecule has 1 amide bonds.